The second kappa shape index (κ2) is 7.57. The Morgan fingerprint density at radius 1 is 1.30 bits per heavy atom. The zero-order chi connectivity index (χ0) is 17.0. The number of methoxy groups -OCH3 is 2. The average Bonchev–Trinajstić information content (AvgIpc) is 2.77. The number of carbonyl (C=O) groups is 2. The lowest BCUT2D eigenvalue weighted by molar-refractivity contribution is -0.136. The maximum atomic E-state index is 12.7. The first-order valence-corrected chi connectivity index (χ1v) is 7.87. The third kappa shape index (κ3) is 3.54. The molecule has 0 bridgehead atoms. The van der Waals surface area contributed by atoms with Crippen molar-refractivity contribution in [1.82, 2.24) is 4.90 Å². The lowest BCUT2D eigenvalue weighted by atomic mass is 10.0. The van der Waals surface area contributed by atoms with Gasteiger partial charge in [0.25, 0.3) is 5.91 Å². The summed E-state index contributed by atoms with van der Waals surface area (Å²) in [6.45, 7) is 2.51. The first-order chi connectivity index (χ1) is 11.0. The van der Waals surface area contributed by atoms with Crippen LogP contribution >= 0.6 is 15.9 Å². The summed E-state index contributed by atoms with van der Waals surface area (Å²) in [5.74, 6) is -0.746. The van der Waals surface area contributed by atoms with Crippen LogP contribution in [0.5, 0.6) is 0 Å². The highest BCUT2D eigenvalue weighted by atomic mass is 79.9. The van der Waals surface area contributed by atoms with E-state index in [9.17, 15) is 9.59 Å². The fourth-order valence-electron chi connectivity index (χ4n) is 2.43. The van der Waals surface area contributed by atoms with Crippen molar-refractivity contribution in [3.63, 3.8) is 0 Å². The Morgan fingerprint density at radius 2 is 2.00 bits per heavy atom. The number of benzene rings is 1. The number of ether oxygens (including phenoxy) is 2. The third-order valence-electron chi connectivity index (χ3n) is 3.63. The molecule has 23 heavy (non-hydrogen) atoms. The number of rotatable bonds is 5. The molecule has 1 aromatic rings. The van der Waals surface area contributed by atoms with Crippen LogP contribution < -0.4 is 0 Å². The normalized spacial score (nSPS) is 16.4. The van der Waals surface area contributed by atoms with Crippen molar-refractivity contribution >= 4 is 33.9 Å². The number of allylic oxidation sites excluding steroid dienone is 1. The summed E-state index contributed by atoms with van der Waals surface area (Å²) in [5, 5.41) is 0. The van der Waals surface area contributed by atoms with Gasteiger partial charge in [-0.3, -0.25) is 4.79 Å². The van der Waals surface area contributed by atoms with Crippen LogP contribution in [0.1, 0.15) is 12.5 Å². The van der Waals surface area contributed by atoms with E-state index in [2.05, 4.69) is 15.9 Å². The number of carbonyl (C=O) groups excluding carboxylic acids is 2. The molecule has 0 unspecified atom stereocenters. The summed E-state index contributed by atoms with van der Waals surface area (Å²) in [4.78, 5) is 26.4. The van der Waals surface area contributed by atoms with Gasteiger partial charge >= 0.3 is 5.97 Å². The van der Waals surface area contributed by atoms with Gasteiger partial charge in [0.05, 0.1) is 24.9 Å². The fourth-order valence-corrected chi connectivity index (χ4v) is 2.83. The Bertz CT molecular complexity index is 694. The van der Waals surface area contributed by atoms with E-state index in [1.807, 2.05) is 24.3 Å². The van der Waals surface area contributed by atoms with Gasteiger partial charge in [0, 0.05) is 23.8 Å². The fraction of sp³-hybridized carbons (Fsp3) is 0.294. The lowest BCUT2D eigenvalue weighted by Crippen LogP contribution is -2.28. The predicted molar refractivity (Wildman–Crippen MR) is 90.4 cm³/mol. The van der Waals surface area contributed by atoms with E-state index < -0.39 is 5.97 Å². The topological polar surface area (TPSA) is 55.8 Å². The molecule has 0 fully saturated rings. The van der Waals surface area contributed by atoms with Gasteiger partial charge < -0.3 is 14.4 Å². The summed E-state index contributed by atoms with van der Waals surface area (Å²) in [7, 11) is 2.87. The average molecular weight is 380 g/mol. The highest BCUT2D eigenvalue weighted by Gasteiger charge is 2.36. The minimum absolute atomic E-state index is 0.226. The van der Waals surface area contributed by atoms with Crippen molar-refractivity contribution in [2.24, 2.45) is 0 Å². The van der Waals surface area contributed by atoms with E-state index in [1.165, 1.54) is 7.11 Å². The van der Waals surface area contributed by atoms with Gasteiger partial charge in [-0.2, -0.15) is 0 Å². The van der Waals surface area contributed by atoms with E-state index in [0.717, 1.165) is 10.0 Å². The maximum absolute atomic E-state index is 12.7. The van der Waals surface area contributed by atoms with Crippen molar-refractivity contribution in [2.45, 2.75) is 6.92 Å². The van der Waals surface area contributed by atoms with Gasteiger partial charge in [-0.05, 0) is 24.6 Å². The van der Waals surface area contributed by atoms with Crippen LogP contribution in [0.2, 0.25) is 0 Å². The minimum Gasteiger partial charge on any atom is -0.465 e. The van der Waals surface area contributed by atoms with Gasteiger partial charge in [0.15, 0.2) is 0 Å². The summed E-state index contributed by atoms with van der Waals surface area (Å²) >= 11 is 3.45. The molecule has 1 aliphatic heterocycles. The second-order valence-electron chi connectivity index (χ2n) is 4.98. The summed E-state index contributed by atoms with van der Waals surface area (Å²) in [6, 6.07) is 7.50. The lowest BCUT2D eigenvalue weighted by Gasteiger charge is -2.16. The van der Waals surface area contributed by atoms with Gasteiger partial charge in [0.1, 0.15) is 0 Å². The molecule has 122 valence electrons. The summed E-state index contributed by atoms with van der Waals surface area (Å²) in [5.41, 5.74) is 2.03. The second-order valence-corrected chi connectivity index (χ2v) is 5.84. The highest BCUT2D eigenvalue weighted by Crippen LogP contribution is 2.32. The molecule has 0 saturated carbocycles. The molecular formula is C17H18BrNO4. The van der Waals surface area contributed by atoms with E-state index >= 15 is 0 Å². The summed E-state index contributed by atoms with van der Waals surface area (Å²) < 4.78 is 10.7. The molecule has 0 aromatic heterocycles. The van der Waals surface area contributed by atoms with Crippen LogP contribution in [-0.2, 0) is 19.1 Å². The first kappa shape index (κ1) is 17.4. The Morgan fingerprint density at radius 3 is 2.61 bits per heavy atom. The van der Waals surface area contributed by atoms with Crippen LogP contribution in [0.25, 0.3) is 6.08 Å². The first-order valence-electron chi connectivity index (χ1n) is 7.07. The van der Waals surface area contributed by atoms with E-state index in [1.54, 1.807) is 25.0 Å². The van der Waals surface area contributed by atoms with Gasteiger partial charge in [0.2, 0.25) is 0 Å². The third-order valence-corrected chi connectivity index (χ3v) is 4.35. The summed E-state index contributed by atoms with van der Waals surface area (Å²) in [6.07, 6.45) is 1.70. The van der Waals surface area contributed by atoms with Crippen molar-refractivity contribution in [3.8, 4) is 0 Å². The molecule has 0 N–H and O–H groups in total. The number of amides is 1. The Kier molecular flexibility index (Phi) is 5.74. The number of nitrogens with zero attached hydrogens (tertiary/aromatic N) is 1. The van der Waals surface area contributed by atoms with Crippen LogP contribution in [0.3, 0.4) is 0 Å². The SMILES string of the molecule is COCCN1C(=O)/C(=C\c2ccccc2Br)C(C(=O)OC)=C1C. The Balaban J connectivity index is 2.50. The molecular weight excluding hydrogens is 362 g/mol. The molecule has 1 heterocycles. The number of hydrogen-bond donors (Lipinski definition) is 0. The smallest absolute Gasteiger partial charge is 0.340 e. The van der Waals surface area contributed by atoms with Gasteiger partial charge in [-0.15, -0.1) is 0 Å². The number of esters is 1. The van der Waals surface area contributed by atoms with Crippen LogP contribution in [0.4, 0.5) is 0 Å². The van der Waals surface area contributed by atoms with Gasteiger partial charge in [-0.1, -0.05) is 34.1 Å². The number of halogens is 1. The van der Waals surface area contributed by atoms with E-state index in [4.69, 9.17) is 9.47 Å². The largest absolute Gasteiger partial charge is 0.465 e. The molecule has 1 aliphatic rings. The van der Waals surface area contributed by atoms with Crippen molar-refractivity contribution in [2.75, 3.05) is 27.4 Å². The zero-order valence-corrected chi connectivity index (χ0v) is 14.8. The molecule has 0 saturated heterocycles. The van der Waals surface area contributed by atoms with Crippen molar-refractivity contribution in [1.29, 1.82) is 0 Å². The Hall–Kier alpha value is -1.92. The number of hydrogen-bond acceptors (Lipinski definition) is 4. The van der Waals surface area contributed by atoms with Crippen LogP contribution in [0.15, 0.2) is 45.6 Å². The molecule has 2 rings (SSSR count). The molecule has 0 spiro atoms. The molecule has 0 aliphatic carbocycles. The quantitative estimate of drug-likeness (QED) is 0.582. The highest BCUT2D eigenvalue weighted by molar-refractivity contribution is 9.10. The molecule has 1 amide bonds. The standard InChI is InChI=1S/C17H18BrNO4/c1-11-15(17(21)23-3)13(16(20)19(11)8-9-22-2)10-12-6-4-5-7-14(12)18/h4-7,10H,8-9H2,1-3H3/b13-10-. The molecule has 5 nitrogen and oxygen atoms in total. The maximum Gasteiger partial charge on any atom is 0.340 e. The predicted octanol–water partition coefficient (Wildman–Crippen LogP) is 2.77. The van der Waals surface area contributed by atoms with Crippen LogP contribution in [0, 0.1) is 0 Å². The molecule has 0 radical (unpaired) electrons. The molecule has 6 heteroatoms. The monoisotopic (exact) mass is 379 g/mol. The molecule has 0 atom stereocenters. The van der Waals surface area contributed by atoms with E-state index in [0.29, 0.717) is 30.0 Å². The minimum atomic E-state index is -0.519. The van der Waals surface area contributed by atoms with Crippen molar-refractivity contribution in [3.05, 3.63) is 51.1 Å². The molecule has 1 aromatic carbocycles. The van der Waals surface area contributed by atoms with Gasteiger partial charge in [-0.25, -0.2) is 4.79 Å². The van der Waals surface area contributed by atoms with E-state index in [-0.39, 0.29) is 5.91 Å². The zero-order valence-electron chi connectivity index (χ0n) is 13.3. The Labute approximate surface area is 143 Å². The van der Waals surface area contributed by atoms with Crippen LogP contribution in [-0.4, -0.2) is 44.1 Å². The van der Waals surface area contributed by atoms with Crippen molar-refractivity contribution < 1.29 is 19.1 Å².